The van der Waals surface area contributed by atoms with Crippen molar-refractivity contribution in [3.63, 3.8) is 0 Å². The normalized spacial score (nSPS) is 13.2. The fraction of sp³-hybridized carbons (Fsp3) is 0.500. The quantitative estimate of drug-likeness (QED) is 0.881. The maximum atomic E-state index is 6.30. The first-order chi connectivity index (χ1) is 7.77. The van der Waals surface area contributed by atoms with Gasteiger partial charge in [0.15, 0.2) is 11.5 Å². The molecule has 0 amide bonds. The molecule has 1 aliphatic rings. The number of ether oxygens (including phenoxy) is 2. The predicted octanol–water partition coefficient (Wildman–Crippen LogP) is 2.52. The van der Waals surface area contributed by atoms with Gasteiger partial charge in [0.1, 0.15) is 0 Å². The van der Waals surface area contributed by atoms with E-state index in [0.29, 0.717) is 17.3 Å². The molecule has 0 atom stereocenters. The highest BCUT2D eigenvalue weighted by atomic mass is 35.5. The van der Waals surface area contributed by atoms with E-state index in [-0.39, 0.29) is 6.79 Å². The lowest BCUT2D eigenvalue weighted by molar-refractivity contribution is 0.174. The molecule has 0 bridgehead atoms. The fourth-order valence-corrected chi connectivity index (χ4v) is 2.39. The van der Waals surface area contributed by atoms with Gasteiger partial charge in [0.25, 0.3) is 0 Å². The second kappa shape index (κ2) is 4.93. The molecule has 0 aromatic heterocycles. The lowest BCUT2D eigenvalue weighted by Crippen LogP contribution is -2.02. The third kappa shape index (κ3) is 1.97. The van der Waals surface area contributed by atoms with Crippen LogP contribution in [-0.4, -0.2) is 13.3 Å². The second-order valence-corrected chi connectivity index (χ2v) is 4.19. The number of hydrogen-bond acceptors (Lipinski definition) is 3. The summed E-state index contributed by atoms with van der Waals surface area (Å²) in [6, 6.07) is 2.03. The molecule has 0 unspecified atom stereocenters. The van der Waals surface area contributed by atoms with Gasteiger partial charge in [-0.1, -0.05) is 18.5 Å². The molecule has 16 heavy (non-hydrogen) atoms. The third-order valence-corrected chi connectivity index (χ3v) is 3.20. The van der Waals surface area contributed by atoms with Crippen molar-refractivity contribution in [2.24, 2.45) is 5.73 Å². The monoisotopic (exact) mass is 241 g/mol. The zero-order valence-corrected chi connectivity index (χ0v) is 10.1. The Hall–Kier alpha value is -0.930. The molecule has 4 heteroatoms. The predicted molar refractivity (Wildman–Crippen MR) is 64.3 cm³/mol. The van der Waals surface area contributed by atoms with Crippen LogP contribution in [0.5, 0.6) is 11.5 Å². The van der Waals surface area contributed by atoms with E-state index in [1.165, 1.54) is 5.56 Å². The number of halogens is 1. The molecule has 0 fully saturated rings. The van der Waals surface area contributed by atoms with Gasteiger partial charge in [0, 0.05) is 0 Å². The summed E-state index contributed by atoms with van der Waals surface area (Å²) in [7, 11) is 0. The lowest BCUT2D eigenvalue weighted by Gasteiger charge is -2.11. The summed E-state index contributed by atoms with van der Waals surface area (Å²) in [5.41, 5.74) is 7.91. The van der Waals surface area contributed by atoms with Crippen molar-refractivity contribution in [3.8, 4) is 11.5 Å². The van der Waals surface area contributed by atoms with Crippen molar-refractivity contribution in [3.05, 3.63) is 22.2 Å². The Labute approximate surface area is 100 Å². The largest absolute Gasteiger partial charge is 0.454 e. The Morgan fingerprint density at radius 1 is 1.44 bits per heavy atom. The molecule has 88 valence electrons. The highest BCUT2D eigenvalue weighted by Crippen LogP contribution is 2.43. The molecular formula is C12H16ClNO2. The third-order valence-electron chi connectivity index (χ3n) is 2.80. The van der Waals surface area contributed by atoms with E-state index in [1.807, 2.05) is 6.07 Å². The fourth-order valence-electron chi connectivity index (χ4n) is 1.99. The van der Waals surface area contributed by atoms with Crippen molar-refractivity contribution >= 4 is 11.6 Å². The van der Waals surface area contributed by atoms with Crippen LogP contribution in [0.3, 0.4) is 0 Å². The van der Waals surface area contributed by atoms with Crippen LogP contribution >= 0.6 is 11.6 Å². The van der Waals surface area contributed by atoms with Crippen molar-refractivity contribution in [1.29, 1.82) is 0 Å². The van der Waals surface area contributed by atoms with E-state index < -0.39 is 0 Å². The number of rotatable bonds is 4. The van der Waals surface area contributed by atoms with Gasteiger partial charge in [0.2, 0.25) is 6.79 Å². The van der Waals surface area contributed by atoms with E-state index in [0.717, 1.165) is 30.6 Å². The van der Waals surface area contributed by atoms with Crippen LogP contribution in [0.2, 0.25) is 5.02 Å². The Kier molecular flexibility index (Phi) is 3.56. The van der Waals surface area contributed by atoms with Gasteiger partial charge in [-0.05, 0) is 43.0 Å². The Balaban J connectivity index is 2.39. The molecule has 1 heterocycles. The van der Waals surface area contributed by atoms with E-state index in [9.17, 15) is 0 Å². The SMILES string of the molecule is CCc1c(CCCN)cc2c(c1Cl)OCO2. The van der Waals surface area contributed by atoms with E-state index >= 15 is 0 Å². The van der Waals surface area contributed by atoms with E-state index in [4.69, 9.17) is 26.8 Å². The van der Waals surface area contributed by atoms with E-state index in [2.05, 4.69) is 6.92 Å². The van der Waals surface area contributed by atoms with Crippen LogP contribution in [0.15, 0.2) is 6.07 Å². The molecule has 2 rings (SSSR count). The van der Waals surface area contributed by atoms with Crippen LogP contribution < -0.4 is 15.2 Å². The van der Waals surface area contributed by atoms with Crippen molar-refractivity contribution in [1.82, 2.24) is 0 Å². The van der Waals surface area contributed by atoms with Gasteiger partial charge in [-0.25, -0.2) is 0 Å². The number of hydrogen-bond donors (Lipinski definition) is 1. The van der Waals surface area contributed by atoms with Gasteiger partial charge in [0.05, 0.1) is 5.02 Å². The summed E-state index contributed by atoms with van der Waals surface area (Å²) < 4.78 is 10.7. The summed E-state index contributed by atoms with van der Waals surface area (Å²) >= 11 is 6.30. The minimum atomic E-state index is 0.262. The molecule has 0 saturated carbocycles. The number of aryl methyl sites for hydroxylation is 1. The standard InChI is InChI=1S/C12H16ClNO2/c1-2-9-8(4-3-5-14)6-10-12(11(9)13)16-7-15-10/h6H,2-5,7,14H2,1H3. The van der Waals surface area contributed by atoms with Crippen molar-refractivity contribution in [2.45, 2.75) is 26.2 Å². The molecule has 0 radical (unpaired) electrons. The number of nitrogens with two attached hydrogens (primary N) is 1. The first-order valence-electron chi connectivity index (χ1n) is 5.57. The molecule has 1 aromatic rings. The molecule has 0 aliphatic carbocycles. The summed E-state index contributed by atoms with van der Waals surface area (Å²) in [6.07, 6.45) is 2.80. The minimum Gasteiger partial charge on any atom is -0.454 e. The first-order valence-corrected chi connectivity index (χ1v) is 5.95. The van der Waals surface area contributed by atoms with Gasteiger partial charge >= 0.3 is 0 Å². The summed E-state index contributed by atoms with van der Waals surface area (Å²) in [6.45, 7) is 3.04. The number of fused-ring (bicyclic) bond motifs is 1. The van der Waals surface area contributed by atoms with Crippen LogP contribution in [0.25, 0.3) is 0 Å². The second-order valence-electron chi connectivity index (χ2n) is 3.81. The average Bonchev–Trinajstić information content (AvgIpc) is 2.75. The summed E-state index contributed by atoms with van der Waals surface area (Å²) in [4.78, 5) is 0. The molecule has 1 aromatic carbocycles. The molecular weight excluding hydrogens is 226 g/mol. The Morgan fingerprint density at radius 2 is 2.25 bits per heavy atom. The Bertz CT molecular complexity index is 393. The van der Waals surface area contributed by atoms with Crippen LogP contribution in [0.1, 0.15) is 24.5 Å². The Morgan fingerprint density at radius 3 is 2.94 bits per heavy atom. The maximum absolute atomic E-state index is 6.30. The van der Waals surface area contributed by atoms with Gasteiger partial charge in [-0.3, -0.25) is 0 Å². The molecule has 3 nitrogen and oxygen atoms in total. The molecule has 0 spiro atoms. The zero-order valence-electron chi connectivity index (χ0n) is 9.38. The highest BCUT2D eigenvalue weighted by Gasteiger charge is 2.21. The first kappa shape index (κ1) is 11.6. The minimum absolute atomic E-state index is 0.262. The number of benzene rings is 1. The smallest absolute Gasteiger partial charge is 0.231 e. The van der Waals surface area contributed by atoms with Gasteiger partial charge in [-0.2, -0.15) is 0 Å². The van der Waals surface area contributed by atoms with Crippen LogP contribution in [0.4, 0.5) is 0 Å². The van der Waals surface area contributed by atoms with Gasteiger partial charge < -0.3 is 15.2 Å². The zero-order chi connectivity index (χ0) is 11.5. The van der Waals surface area contributed by atoms with Crippen LogP contribution in [0, 0.1) is 0 Å². The lowest BCUT2D eigenvalue weighted by atomic mass is 10.00. The molecule has 0 saturated heterocycles. The van der Waals surface area contributed by atoms with Crippen LogP contribution in [-0.2, 0) is 12.8 Å². The molecule has 1 aliphatic heterocycles. The van der Waals surface area contributed by atoms with Crippen molar-refractivity contribution < 1.29 is 9.47 Å². The molecule has 2 N–H and O–H groups in total. The van der Waals surface area contributed by atoms with Gasteiger partial charge in [-0.15, -0.1) is 0 Å². The highest BCUT2D eigenvalue weighted by molar-refractivity contribution is 6.33. The van der Waals surface area contributed by atoms with Crippen molar-refractivity contribution in [2.75, 3.05) is 13.3 Å². The summed E-state index contributed by atoms with van der Waals surface area (Å²) in [5.74, 6) is 1.45. The van der Waals surface area contributed by atoms with E-state index in [1.54, 1.807) is 0 Å². The topological polar surface area (TPSA) is 44.5 Å². The maximum Gasteiger partial charge on any atom is 0.231 e. The average molecular weight is 242 g/mol. The summed E-state index contributed by atoms with van der Waals surface area (Å²) in [5, 5.41) is 0.699.